The highest BCUT2D eigenvalue weighted by molar-refractivity contribution is 6.30. The Morgan fingerprint density at radius 3 is 2.57 bits per heavy atom. The van der Waals surface area contributed by atoms with E-state index in [1.54, 1.807) is 17.0 Å². The van der Waals surface area contributed by atoms with Crippen LogP contribution in [0.1, 0.15) is 33.3 Å². The molecule has 23 heavy (non-hydrogen) atoms. The fraction of sp³-hybridized carbons (Fsp3) is 0.529. The molecule has 2 amide bonds. The lowest BCUT2D eigenvalue weighted by Crippen LogP contribution is -2.41. The van der Waals surface area contributed by atoms with Crippen molar-refractivity contribution >= 4 is 23.6 Å². The van der Waals surface area contributed by atoms with Gasteiger partial charge in [0.1, 0.15) is 5.60 Å². The molecule has 0 saturated carbocycles. The summed E-state index contributed by atoms with van der Waals surface area (Å²) in [5.74, 6) is -0.104. The van der Waals surface area contributed by atoms with Crippen LogP contribution in [0.15, 0.2) is 24.3 Å². The van der Waals surface area contributed by atoms with Gasteiger partial charge in [0.2, 0.25) is 5.91 Å². The van der Waals surface area contributed by atoms with Crippen molar-refractivity contribution in [1.82, 2.24) is 10.2 Å². The average Bonchev–Trinajstić information content (AvgIpc) is 2.41. The lowest BCUT2D eigenvalue weighted by molar-refractivity contribution is -0.120. The molecule has 0 unspecified atom stereocenters. The second-order valence-corrected chi connectivity index (χ2v) is 6.65. The van der Waals surface area contributed by atoms with Gasteiger partial charge in [-0.05, 0) is 45.4 Å². The first kappa shape index (κ1) is 19.3. The third kappa shape index (κ3) is 7.88. The molecule has 0 bridgehead atoms. The Bertz CT molecular complexity index is 541. The summed E-state index contributed by atoms with van der Waals surface area (Å²) < 4.78 is 5.32. The second kappa shape index (κ2) is 8.77. The van der Waals surface area contributed by atoms with Gasteiger partial charge in [0, 0.05) is 24.7 Å². The number of likely N-dealkylation sites (N-methyl/N-ethyl adjacent to an activating group) is 1. The molecule has 1 aromatic rings. The van der Waals surface area contributed by atoms with Gasteiger partial charge in [-0.3, -0.25) is 4.79 Å². The van der Waals surface area contributed by atoms with Crippen molar-refractivity contribution in [2.45, 2.75) is 39.7 Å². The summed E-state index contributed by atoms with van der Waals surface area (Å²) in [7, 11) is 0. The summed E-state index contributed by atoms with van der Waals surface area (Å²) in [6, 6.07) is 7.19. The summed E-state index contributed by atoms with van der Waals surface area (Å²) in [5, 5.41) is 3.41. The Balaban J connectivity index is 2.39. The zero-order chi connectivity index (χ0) is 17.5. The maximum absolute atomic E-state index is 12.0. The number of amides is 2. The van der Waals surface area contributed by atoms with Crippen molar-refractivity contribution in [3.8, 4) is 0 Å². The topological polar surface area (TPSA) is 58.6 Å². The van der Waals surface area contributed by atoms with Crippen LogP contribution in [-0.2, 0) is 16.0 Å². The van der Waals surface area contributed by atoms with E-state index >= 15 is 0 Å². The lowest BCUT2D eigenvalue weighted by Gasteiger charge is -2.26. The monoisotopic (exact) mass is 340 g/mol. The third-order valence-corrected chi connectivity index (χ3v) is 3.23. The number of nitrogens with zero attached hydrogens (tertiary/aromatic N) is 1. The van der Waals surface area contributed by atoms with Crippen LogP contribution in [0.3, 0.4) is 0 Å². The molecule has 128 valence electrons. The van der Waals surface area contributed by atoms with Crippen molar-refractivity contribution in [3.05, 3.63) is 34.9 Å². The Hall–Kier alpha value is -1.75. The van der Waals surface area contributed by atoms with Crippen LogP contribution in [0.2, 0.25) is 5.02 Å². The third-order valence-electron chi connectivity index (χ3n) is 2.99. The molecule has 0 aromatic heterocycles. The quantitative estimate of drug-likeness (QED) is 0.864. The summed E-state index contributed by atoms with van der Waals surface area (Å²) in [4.78, 5) is 25.4. The van der Waals surface area contributed by atoms with Crippen LogP contribution < -0.4 is 5.32 Å². The van der Waals surface area contributed by atoms with Crippen molar-refractivity contribution in [2.24, 2.45) is 0 Å². The van der Waals surface area contributed by atoms with Gasteiger partial charge in [0.15, 0.2) is 0 Å². The van der Waals surface area contributed by atoms with Gasteiger partial charge < -0.3 is 15.0 Å². The minimum atomic E-state index is -0.527. The van der Waals surface area contributed by atoms with Gasteiger partial charge in [-0.15, -0.1) is 0 Å². The zero-order valence-corrected chi connectivity index (χ0v) is 14.9. The highest BCUT2D eigenvalue weighted by atomic mass is 35.5. The minimum Gasteiger partial charge on any atom is -0.444 e. The number of hydrogen-bond acceptors (Lipinski definition) is 3. The van der Waals surface area contributed by atoms with Crippen LogP contribution in [0.25, 0.3) is 0 Å². The van der Waals surface area contributed by atoms with E-state index in [0.717, 1.165) is 5.56 Å². The van der Waals surface area contributed by atoms with Crippen LogP contribution in [-0.4, -0.2) is 42.1 Å². The molecule has 6 heteroatoms. The van der Waals surface area contributed by atoms with Gasteiger partial charge in [0.05, 0.1) is 6.42 Å². The largest absolute Gasteiger partial charge is 0.444 e. The minimum absolute atomic E-state index is 0.104. The Morgan fingerprint density at radius 1 is 1.30 bits per heavy atom. The van der Waals surface area contributed by atoms with E-state index in [4.69, 9.17) is 16.3 Å². The van der Waals surface area contributed by atoms with Crippen LogP contribution in [0.5, 0.6) is 0 Å². The predicted octanol–water partition coefficient (Wildman–Crippen LogP) is 3.26. The standard InChI is InChI=1S/C17H25ClN2O3/c1-5-20(16(22)23-17(2,3)4)10-9-19-15(21)12-13-7-6-8-14(18)11-13/h6-8,11H,5,9-10,12H2,1-4H3,(H,19,21). The number of hydrogen-bond donors (Lipinski definition) is 1. The van der Waals surface area contributed by atoms with Crippen LogP contribution in [0.4, 0.5) is 4.79 Å². The van der Waals surface area contributed by atoms with E-state index in [1.807, 2.05) is 39.8 Å². The molecule has 0 aliphatic heterocycles. The molecule has 1 N–H and O–H groups in total. The number of carbonyl (C=O) groups is 2. The number of carbonyl (C=O) groups excluding carboxylic acids is 2. The number of rotatable bonds is 6. The Labute approximate surface area is 142 Å². The summed E-state index contributed by atoms with van der Waals surface area (Å²) >= 11 is 5.89. The van der Waals surface area contributed by atoms with Crippen molar-refractivity contribution < 1.29 is 14.3 Å². The maximum atomic E-state index is 12.0. The van der Waals surface area contributed by atoms with Gasteiger partial charge in [-0.1, -0.05) is 23.7 Å². The first-order chi connectivity index (χ1) is 10.7. The van der Waals surface area contributed by atoms with Crippen LogP contribution >= 0.6 is 11.6 Å². The Kier molecular flexibility index (Phi) is 7.36. The smallest absolute Gasteiger partial charge is 0.410 e. The zero-order valence-electron chi connectivity index (χ0n) is 14.2. The number of benzene rings is 1. The summed E-state index contributed by atoms with van der Waals surface area (Å²) in [5.41, 5.74) is 0.329. The number of halogens is 1. The molecule has 0 saturated heterocycles. The van der Waals surface area contributed by atoms with E-state index in [9.17, 15) is 9.59 Å². The van der Waals surface area contributed by atoms with Gasteiger partial charge in [-0.2, -0.15) is 0 Å². The molecule has 0 fully saturated rings. The number of ether oxygens (including phenoxy) is 1. The van der Waals surface area contributed by atoms with Crippen molar-refractivity contribution in [1.29, 1.82) is 0 Å². The second-order valence-electron chi connectivity index (χ2n) is 6.22. The molecule has 1 aromatic carbocycles. The highest BCUT2D eigenvalue weighted by Gasteiger charge is 2.20. The van der Waals surface area contributed by atoms with E-state index in [1.165, 1.54) is 0 Å². The average molecular weight is 341 g/mol. The van der Waals surface area contributed by atoms with E-state index in [0.29, 0.717) is 24.7 Å². The van der Waals surface area contributed by atoms with Gasteiger partial charge in [-0.25, -0.2) is 4.79 Å². The summed E-state index contributed by atoms with van der Waals surface area (Å²) in [6.45, 7) is 8.67. The van der Waals surface area contributed by atoms with Crippen molar-refractivity contribution in [2.75, 3.05) is 19.6 Å². The molecule has 0 radical (unpaired) electrons. The molecular weight excluding hydrogens is 316 g/mol. The van der Waals surface area contributed by atoms with E-state index in [2.05, 4.69) is 5.32 Å². The maximum Gasteiger partial charge on any atom is 0.410 e. The van der Waals surface area contributed by atoms with Crippen LogP contribution in [0, 0.1) is 0 Å². The molecule has 0 atom stereocenters. The highest BCUT2D eigenvalue weighted by Crippen LogP contribution is 2.11. The summed E-state index contributed by atoms with van der Waals surface area (Å²) in [6.07, 6.45) is -0.108. The molecule has 0 heterocycles. The lowest BCUT2D eigenvalue weighted by atomic mass is 10.1. The molecular formula is C17H25ClN2O3. The molecule has 0 aliphatic carbocycles. The first-order valence-corrected chi connectivity index (χ1v) is 8.08. The first-order valence-electron chi connectivity index (χ1n) is 7.70. The van der Waals surface area contributed by atoms with Crippen molar-refractivity contribution in [3.63, 3.8) is 0 Å². The van der Waals surface area contributed by atoms with E-state index in [-0.39, 0.29) is 18.4 Å². The van der Waals surface area contributed by atoms with Gasteiger partial charge in [0.25, 0.3) is 0 Å². The molecule has 0 spiro atoms. The fourth-order valence-electron chi connectivity index (χ4n) is 1.93. The molecule has 1 rings (SSSR count). The van der Waals surface area contributed by atoms with Gasteiger partial charge >= 0.3 is 6.09 Å². The fourth-order valence-corrected chi connectivity index (χ4v) is 2.14. The number of nitrogens with one attached hydrogen (secondary N) is 1. The van der Waals surface area contributed by atoms with E-state index < -0.39 is 5.60 Å². The Morgan fingerprint density at radius 2 is 2.00 bits per heavy atom. The SMILES string of the molecule is CCN(CCNC(=O)Cc1cccc(Cl)c1)C(=O)OC(C)(C)C. The predicted molar refractivity (Wildman–Crippen MR) is 91.6 cm³/mol. The molecule has 0 aliphatic rings. The molecule has 5 nitrogen and oxygen atoms in total. The normalized spacial score (nSPS) is 11.0.